The SMILES string of the molecule is Cc1nc2c(C)cc(Br)cn2c1C(=O)NC(C)C(=O)O. The van der Waals surface area contributed by atoms with E-state index in [9.17, 15) is 9.59 Å². The summed E-state index contributed by atoms with van der Waals surface area (Å²) < 4.78 is 2.48. The molecule has 0 aromatic carbocycles. The molecule has 2 N–H and O–H groups in total. The minimum atomic E-state index is -1.08. The zero-order chi connectivity index (χ0) is 15.0. The predicted molar refractivity (Wildman–Crippen MR) is 76.9 cm³/mol. The van der Waals surface area contributed by atoms with Gasteiger partial charge in [-0.1, -0.05) is 0 Å². The van der Waals surface area contributed by atoms with Gasteiger partial charge in [0.05, 0.1) is 5.69 Å². The van der Waals surface area contributed by atoms with Crippen LogP contribution in [0.15, 0.2) is 16.7 Å². The number of fused-ring (bicyclic) bond motifs is 1. The first-order chi connectivity index (χ1) is 9.31. The molecule has 0 saturated carbocycles. The standard InChI is InChI=1S/C13H14BrN3O3/c1-6-4-9(14)5-17-10(7(2)15-11(6)17)12(18)16-8(3)13(19)20/h4-5,8H,1-3H3,(H,16,18)(H,19,20). The van der Waals surface area contributed by atoms with E-state index < -0.39 is 17.9 Å². The van der Waals surface area contributed by atoms with E-state index in [4.69, 9.17) is 5.11 Å². The van der Waals surface area contributed by atoms with Crippen LogP contribution >= 0.6 is 15.9 Å². The number of carboxylic acids is 1. The first kappa shape index (κ1) is 14.5. The molecular weight excluding hydrogens is 326 g/mol. The van der Waals surface area contributed by atoms with Crippen LogP contribution in [0, 0.1) is 13.8 Å². The molecule has 2 rings (SSSR count). The number of amides is 1. The molecule has 2 heterocycles. The second kappa shape index (κ2) is 5.24. The van der Waals surface area contributed by atoms with Crippen molar-refractivity contribution in [2.45, 2.75) is 26.8 Å². The monoisotopic (exact) mass is 339 g/mol. The van der Waals surface area contributed by atoms with Crippen molar-refractivity contribution >= 4 is 33.5 Å². The highest BCUT2D eigenvalue weighted by molar-refractivity contribution is 9.10. The fourth-order valence-electron chi connectivity index (χ4n) is 1.98. The summed E-state index contributed by atoms with van der Waals surface area (Å²) in [6.45, 7) is 5.04. The van der Waals surface area contributed by atoms with Crippen LogP contribution in [-0.2, 0) is 4.79 Å². The van der Waals surface area contributed by atoms with Crippen molar-refractivity contribution in [1.29, 1.82) is 0 Å². The largest absolute Gasteiger partial charge is 0.480 e. The van der Waals surface area contributed by atoms with Crippen LogP contribution in [0.4, 0.5) is 0 Å². The number of carbonyl (C=O) groups is 2. The van der Waals surface area contributed by atoms with E-state index in [1.807, 2.05) is 13.0 Å². The first-order valence-electron chi connectivity index (χ1n) is 5.99. The second-order valence-electron chi connectivity index (χ2n) is 4.61. The van der Waals surface area contributed by atoms with Crippen molar-refractivity contribution in [2.75, 3.05) is 0 Å². The number of carboxylic acid groups (broad SMARTS) is 1. The Morgan fingerprint density at radius 3 is 2.70 bits per heavy atom. The van der Waals surface area contributed by atoms with Crippen LogP contribution < -0.4 is 5.32 Å². The van der Waals surface area contributed by atoms with E-state index in [2.05, 4.69) is 26.2 Å². The van der Waals surface area contributed by atoms with Crippen LogP contribution in [0.5, 0.6) is 0 Å². The number of nitrogens with zero attached hydrogens (tertiary/aromatic N) is 2. The quantitative estimate of drug-likeness (QED) is 0.894. The van der Waals surface area contributed by atoms with Crippen LogP contribution in [0.2, 0.25) is 0 Å². The van der Waals surface area contributed by atoms with Gasteiger partial charge in [-0.3, -0.25) is 14.0 Å². The van der Waals surface area contributed by atoms with E-state index >= 15 is 0 Å². The molecule has 1 unspecified atom stereocenters. The number of pyridine rings is 1. The second-order valence-corrected chi connectivity index (χ2v) is 5.53. The molecule has 0 spiro atoms. The smallest absolute Gasteiger partial charge is 0.325 e. The van der Waals surface area contributed by atoms with Gasteiger partial charge in [-0.2, -0.15) is 0 Å². The van der Waals surface area contributed by atoms with Gasteiger partial charge in [0.2, 0.25) is 0 Å². The van der Waals surface area contributed by atoms with Gasteiger partial charge in [-0.15, -0.1) is 0 Å². The minimum Gasteiger partial charge on any atom is -0.480 e. The molecule has 2 aromatic rings. The van der Waals surface area contributed by atoms with E-state index in [-0.39, 0.29) is 0 Å². The van der Waals surface area contributed by atoms with Crippen molar-refractivity contribution < 1.29 is 14.7 Å². The summed E-state index contributed by atoms with van der Waals surface area (Å²) in [5, 5.41) is 11.3. The number of aromatic nitrogens is 2. The number of carbonyl (C=O) groups excluding carboxylic acids is 1. The first-order valence-corrected chi connectivity index (χ1v) is 6.79. The van der Waals surface area contributed by atoms with Crippen LogP contribution in [-0.4, -0.2) is 32.4 Å². The Balaban J connectivity index is 2.51. The summed E-state index contributed by atoms with van der Waals surface area (Å²) in [4.78, 5) is 27.4. The van der Waals surface area contributed by atoms with Crippen molar-refractivity contribution in [2.24, 2.45) is 0 Å². The predicted octanol–water partition coefficient (Wildman–Crippen LogP) is 1.92. The number of hydrogen-bond donors (Lipinski definition) is 2. The van der Waals surface area contributed by atoms with Crippen LogP contribution in [0.3, 0.4) is 0 Å². The van der Waals surface area contributed by atoms with Gasteiger partial charge in [0.25, 0.3) is 5.91 Å². The summed E-state index contributed by atoms with van der Waals surface area (Å²) in [5.41, 5.74) is 2.51. The number of halogens is 1. The molecule has 20 heavy (non-hydrogen) atoms. The van der Waals surface area contributed by atoms with Crippen molar-refractivity contribution in [3.05, 3.63) is 33.7 Å². The number of nitrogens with one attached hydrogen (secondary N) is 1. The Kier molecular flexibility index (Phi) is 3.80. The van der Waals surface area contributed by atoms with Gasteiger partial charge in [0.15, 0.2) is 0 Å². The number of imidazole rings is 1. The summed E-state index contributed by atoms with van der Waals surface area (Å²) in [6, 6.07) is 0.948. The Hall–Kier alpha value is -1.89. The fourth-order valence-corrected chi connectivity index (χ4v) is 2.53. The molecule has 0 saturated heterocycles. The number of aliphatic carboxylic acids is 1. The van der Waals surface area contributed by atoms with Gasteiger partial charge in [-0.05, 0) is 48.3 Å². The molecule has 0 aliphatic heterocycles. The fraction of sp³-hybridized carbons (Fsp3) is 0.308. The molecule has 7 heteroatoms. The molecule has 2 aromatic heterocycles. The van der Waals surface area contributed by atoms with E-state index in [1.54, 1.807) is 17.5 Å². The van der Waals surface area contributed by atoms with E-state index in [0.29, 0.717) is 17.0 Å². The van der Waals surface area contributed by atoms with Gasteiger partial charge < -0.3 is 10.4 Å². The maximum absolute atomic E-state index is 12.2. The summed E-state index contributed by atoms with van der Waals surface area (Å²) >= 11 is 3.38. The normalized spacial score (nSPS) is 12.4. The Bertz CT molecular complexity index is 708. The molecule has 0 radical (unpaired) electrons. The highest BCUT2D eigenvalue weighted by Gasteiger charge is 2.21. The van der Waals surface area contributed by atoms with Crippen molar-refractivity contribution in [1.82, 2.24) is 14.7 Å². The molecule has 0 bridgehead atoms. The topological polar surface area (TPSA) is 83.7 Å². The lowest BCUT2D eigenvalue weighted by molar-refractivity contribution is -0.138. The molecule has 0 aliphatic rings. The lowest BCUT2D eigenvalue weighted by Gasteiger charge is -2.10. The Labute approximate surface area is 123 Å². The van der Waals surface area contributed by atoms with Gasteiger partial charge >= 0.3 is 5.97 Å². The molecule has 106 valence electrons. The lowest BCUT2D eigenvalue weighted by Crippen LogP contribution is -2.39. The molecule has 1 amide bonds. The molecule has 0 fully saturated rings. The number of rotatable bonds is 3. The van der Waals surface area contributed by atoms with Gasteiger partial charge in [-0.25, -0.2) is 4.98 Å². The lowest BCUT2D eigenvalue weighted by atomic mass is 10.2. The zero-order valence-corrected chi connectivity index (χ0v) is 12.9. The molecule has 1 atom stereocenters. The van der Waals surface area contributed by atoms with Crippen LogP contribution in [0.25, 0.3) is 5.65 Å². The van der Waals surface area contributed by atoms with Gasteiger partial charge in [0, 0.05) is 10.7 Å². The Morgan fingerprint density at radius 2 is 2.10 bits per heavy atom. The highest BCUT2D eigenvalue weighted by Crippen LogP contribution is 2.20. The zero-order valence-electron chi connectivity index (χ0n) is 11.3. The van der Waals surface area contributed by atoms with Crippen molar-refractivity contribution in [3.63, 3.8) is 0 Å². The molecule has 6 nitrogen and oxygen atoms in total. The van der Waals surface area contributed by atoms with E-state index in [0.717, 1.165) is 10.0 Å². The average Bonchev–Trinajstić information content (AvgIpc) is 2.65. The van der Waals surface area contributed by atoms with Gasteiger partial charge in [0.1, 0.15) is 17.4 Å². The minimum absolute atomic E-state index is 0.345. The third-order valence-corrected chi connectivity index (χ3v) is 3.41. The third-order valence-electron chi connectivity index (χ3n) is 2.98. The number of hydrogen-bond acceptors (Lipinski definition) is 3. The molecule has 0 aliphatic carbocycles. The average molecular weight is 340 g/mol. The molecular formula is C13H14BrN3O3. The maximum Gasteiger partial charge on any atom is 0.325 e. The summed E-state index contributed by atoms with van der Waals surface area (Å²) in [7, 11) is 0. The van der Waals surface area contributed by atoms with Crippen molar-refractivity contribution in [3.8, 4) is 0 Å². The number of aryl methyl sites for hydroxylation is 2. The third kappa shape index (κ3) is 2.53. The summed E-state index contributed by atoms with van der Waals surface area (Å²) in [5.74, 6) is -1.54. The Morgan fingerprint density at radius 1 is 1.45 bits per heavy atom. The highest BCUT2D eigenvalue weighted by atomic mass is 79.9. The maximum atomic E-state index is 12.2. The van der Waals surface area contributed by atoms with E-state index in [1.165, 1.54) is 6.92 Å². The summed E-state index contributed by atoms with van der Waals surface area (Å²) in [6.07, 6.45) is 1.74. The van der Waals surface area contributed by atoms with Crippen LogP contribution in [0.1, 0.15) is 28.7 Å².